The summed E-state index contributed by atoms with van der Waals surface area (Å²) in [6.07, 6.45) is 1.01. The Morgan fingerprint density at radius 2 is 1.89 bits per heavy atom. The topological polar surface area (TPSA) is 29.1 Å². The quantitative estimate of drug-likeness (QED) is 0.910. The molecule has 0 aliphatic heterocycles. The molecule has 1 aromatic rings. The van der Waals surface area contributed by atoms with Gasteiger partial charge in [0.05, 0.1) is 5.25 Å². The number of nitrogens with one attached hydrogen (secondary N) is 1. The highest BCUT2D eigenvalue weighted by atomic mass is 32.2. The second-order valence-electron chi connectivity index (χ2n) is 5.45. The lowest BCUT2D eigenvalue weighted by Gasteiger charge is -2.37. The number of benzene rings is 1. The van der Waals surface area contributed by atoms with Crippen LogP contribution in [0.25, 0.3) is 0 Å². The zero-order valence-electron chi connectivity index (χ0n) is 11.6. The molecule has 100 valence electrons. The van der Waals surface area contributed by atoms with E-state index in [4.69, 9.17) is 0 Å². The first-order valence-corrected chi connectivity index (χ1v) is 7.99. The summed E-state index contributed by atoms with van der Waals surface area (Å²) in [6.45, 7) is 6.34. The minimum atomic E-state index is -0.779. The van der Waals surface area contributed by atoms with E-state index in [0.29, 0.717) is 5.92 Å². The molecule has 2 nitrogen and oxygen atoms in total. The zero-order chi connectivity index (χ0) is 13.3. The predicted molar refractivity (Wildman–Crippen MR) is 78.3 cm³/mol. The van der Waals surface area contributed by atoms with E-state index < -0.39 is 10.8 Å². The van der Waals surface area contributed by atoms with Crippen LogP contribution in [0.2, 0.25) is 0 Å². The first-order chi connectivity index (χ1) is 8.56. The molecule has 1 aliphatic carbocycles. The van der Waals surface area contributed by atoms with Crippen molar-refractivity contribution in [3.05, 3.63) is 35.4 Å². The van der Waals surface area contributed by atoms with Crippen LogP contribution in [-0.4, -0.2) is 21.8 Å². The average Bonchev–Trinajstić information content (AvgIpc) is 2.37. The van der Waals surface area contributed by atoms with Crippen molar-refractivity contribution in [2.75, 3.05) is 7.05 Å². The fourth-order valence-electron chi connectivity index (χ4n) is 2.97. The summed E-state index contributed by atoms with van der Waals surface area (Å²) in [4.78, 5) is 0. The van der Waals surface area contributed by atoms with E-state index in [1.54, 1.807) is 0 Å². The van der Waals surface area contributed by atoms with Crippen LogP contribution in [0.15, 0.2) is 24.3 Å². The molecule has 0 aromatic heterocycles. The lowest BCUT2D eigenvalue weighted by Crippen LogP contribution is -2.40. The van der Waals surface area contributed by atoms with Gasteiger partial charge >= 0.3 is 0 Å². The maximum absolute atomic E-state index is 12.5. The first-order valence-electron chi connectivity index (χ1n) is 6.71. The van der Waals surface area contributed by atoms with Crippen LogP contribution in [-0.2, 0) is 10.8 Å². The molecular formula is C15H23NOS. The van der Waals surface area contributed by atoms with Crippen molar-refractivity contribution < 1.29 is 4.21 Å². The Hall–Kier alpha value is -0.670. The smallest absolute Gasteiger partial charge is 0.0551 e. The molecule has 0 spiro atoms. The number of hydrogen-bond acceptors (Lipinski definition) is 2. The third kappa shape index (κ3) is 2.39. The highest BCUT2D eigenvalue weighted by Crippen LogP contribution is 2.40. The number of rotatable bonds is 3. The molecule has 1 aromatic carbocycles. The fourth-order valence-corrected chi connectivity index (χ4v) is 4.70. The molecule has 4 atom stereocenters. The van der Waals surface area contributed by atoms with E-state index in [1.807, 2.05) is 20.9 Å². The summed E-state index contributed by atoms with van der Waals surface area (Å²) in [5.74, 6) is 0.499. The van der Waals surface area contributed by atoms with Gasteiger partial charge in [0.15, 0.2) is 0 Å². The van der Waals surface area contributed by atoms with E-state index in [2.05, 4.69) is 36.5 Å². The summed E-state index contributed by atoms with van der Waals surface area (Å²) in [7, 11) is 1.20. The Balaban J connectivity index is 2.40. The van der Waals surface area contributed by atoms with Gasteiger partial charge in [-0.3, -0.25) is 4.21 Å². The van der Waals surface area contributed by atoms with Crippen molar-refractivity contribution in [2.24, 2.45) is 0 Å². The van der Waals surface area contributed by atoms with Crippen molar-refractivity contribution >= 4 is 10.8 Å². The minimum Gasteiger partial charge on any atom is -0.312 e. The van der Waals surface area contributed by atoms with Crippen molar-refractivity contribution in [2.45, 2.75) is 49.7 Å². The maximum atomic E-state index is 12.5. The molecule has 2 rings (SSSR count). The molecule has 0 saturated heterocycles. The van der Waals surface area contributed by atoms with Crippen molar-refractivity contribution in [1.82, 2.24) is 5.32 Å². The molecule has 0 fully saturated rings. The van der Waals surface area contributed by atoms with Gasteiger partial charge in [-0.25, -0.2) is 0 Å². The van der Waals surface area contributed by atoms with Crippen LogP contribution in [0.4, 0.5) is 0 Å². The molecule has 18 heavy (non-hydrogen) atoms. The maximum Gasteiger partial charge on any atom is 0.0551 e. The summed E-state index contributed by atoms with van der Waals surface area (Å²) in [5, 5.41) is 3.82. The molecule has 1 N–H and O–H groups in total. The third-order valence-electron chi connectivity index (χ3n) is 3.89. The van der Waals surface area contributed by atoms with E-state index in [1.165, 1.54) is 11.1 Å². The monoisotopic (exact) mass is 265 g/mol. The normalized spacial score (nSPS) is 29.1. The lowest BCUT2D eigenvalue weighted by molar-refractivity contribution is 0.461. The van der Waals surface area contributed by atoms with Gasteiger partial charge in [-0.1, -0.05) is 45.0 Å². The summed E-state index contributed by atoms with van der Waals surface area (Å²) >= 11 is 0. The standard InChI is InChI=1S/C15H23NOS/c1-10(2)18(17)14-9-11(3)12-7-5-6-8-13(12)15(14)16-4/h5-8,10-11,14-16H,9H2,1-4H3. The second-order valence-corrected chi connectivity index (χ2v) is 7.65. The van der Waals surface area contributed by atoms with Crippen LogP contribution in [0.5, 0.6) is 0 Å². The summed E-state index contributed by atoms with van der Waals surface area (Å²) < 4.78 is 12.5. The Morgan fingerprint density at radius 1 is 1.28 bits per heavy atom. The number of fused-ring (bicyclic) bond motifs is 1. The largest absolute Gasteiger partial charge is 0.312 e. The SMILES string of the molecule is CNC1c2ccccc2C(C)CC1S(=O)C(C)C. The molecular weight excluding hydrogens is 242 g/mol. The highest BCUT2D eigenvalue weighted by Gasteiger charge is 2.36. The van der Waals surface area contributed by atoms with Crippen LogP contribution in [0.1, 0.15) is 50.3 Å². The van der Waals surface area contributed by atoms with Crippen molar-refractivity contribution in [1.29, 1.82) is 0 Å². The van der Waals surface area contributed by atoms with E-state index >= 15 is 0 Å². The molecule has 1 aliphatic rings. The van der Waals surface area contributed by atoms with E-state index in [9.17, 15) is 4.21 Å². The summed E-state index contributed by atoms with van der Waals surface area (Å²) in [5.41, 5.74) is 2.74. The average molecular weight is 265 g/mol. The van der Waals surface area contributed by atoms with Gasteiger partial charge in [-0.2, -0.15) is 0 Å². The number of hydrogen-bond donors (Lipinski definition) is 1. The van der Waals surface area contributed by atoms with Crippen molar-refractivity contribution in [3.63, 3.8) is 0 Å². The van der Waals surface area contributed by atoms with Crippen LogP contribution >= 0.6 is 0 Å². The Labute approximate surface area is 113 Å². The zero-order valence-corrected chi connectivity index (χ0v) is 12.5. The van der Waals surface area contributed by atoms with Gasteiger partial charge in [0.1, 0.15) is 0 Å². The minimum absolute atomic E-state index is 0.222. The fraction of sp³-hybridized carbons (Fsp3) is 0.600. The van der Waals surface area contributed by atoms with Crippen LogP contribution < -0.4 is 5.32 Å². The van der Waals surface area contributed by atoms with Gasteiger partial charge in [0.2, 0.25) is 0 Å². The second kappa shape index (κ2) is 5.54. The molecule has 0 radical (unpaired) electrons. The highest BCUT2D eigenvalue weighted by molar-refractivity contribution is 7.86. The van der Waals surface area contributed by atoms with E-state index in [-0.39, 0.29) is 16.5 Å². The molecule has 0 saturated carbocycles. The Morgan fingerprint density at radius 3 is 2.44 bits per heavy atom. The lowest BCUT2D eigenvalue weighted by atomic mass is 9.81. The molecule has 3 heteroatoms. The van der Waals surface area contributed by atoms with Gasteiger partial charge in [-0.05, 0) is 30.5 Å². The Kier molecular flexibility index (Phi) is 4.23. The van der Waals surface area contributed by atoms with E-state index in [0.717, 1.165) is 6.42 Å². The molecule has 0 amide bonds. The van der Waals surface area contributed by atoms with Gasteiger partial charge in [0, 0.05) is 22.1 Å². The molecule has 0 heterocycles. The molecule has 0 bridgehead atoms. The summed E-state index contributed by atoms with van der Waals surface area (Å²) in [6, 6.07) is 8.79. The van der Waals surface area contributed by atoms with Crippen LogP contribution in [0, 0.1) is 0 Å². The predicted octanol–water partition coefficient (Wildman–Crippen LogP) is 2.98. The van der Waals surface area contributed by atoms with Gasteiger partial charge in [0.25, 0.3) is 0 Å². The molecule has 4 unspecified atom stereocenters. The first kappa shape index (κ1) is 13.8. The van der Waals surface area contributed by atoms with Crippen molar-refractivity contribution in [3.8, 4) is 0 Å². The third-order valence-corrected chi connectivity index (χ3v) is 5.88. The van der Waals surface area contributed by atoms with Crippen LogP contribution in [0.3, 0.4) is 0 Å². The van der Waals surface area contributed by atoms with Gasteiger partial charge in [-0.15, -0.1) is 0 Å². The van der Waals surface area contributed by atoms with Gasteiger partial charge < -0.3 is 5.32 Å². The Bertz CT molecular complexity index is 444.